The number of anilines is 1. The maximum Gasteiger partial charge on any atom is 0.314 e. The topological polar surface area (TPSA) is 87.1 Å². The standard InChI is InChI=1S/C9H9NO5/c1-15-6-2-3-7(8(12)4-6)10(14)9(13)5-11/h2-5,12,14H,1H3. The van der Waals surface area contributed by atoms with Crippen molar-refractivity contribution in [2.24, 2.45) is 0 Å². The lowest BCUT2D eigenvalue weighted by Gasteiger charge is -2.13. The van der Waals surface area contributed by atoms with Gasteiger partial charge in [0.2, 0.25) is 6.29 Å². The van der Waals surface area contributed by atoms with Gasteiger partial charge >= 0.3 is 5.91 Å². The number of phenolic OH excluding ortho intramolecular Hbond substituents is 1. The monoisotopic (exact) mass is 211 g/mol. The van der Waals surface area contributed by atoms with Gasteiger partial charge in [-0.2, -0.15) is 5.06 Å². The van der Waals surface area contributed by atoms with Crippen LogP contribution in [0.2, 0.25) is 0 Å². The maximum atomic E-state index is 10.8. The number of nitrogens with zero attached hydrogens (tertiary/aromatic N) is 1. The second kappa shape index (κ2) is 4.43. The van der Waals surface area contributed by atoms with E-state index in [1.165, 1.54) is 25.3 Å². The van der Waals surface area contributed by atoms with E-state index in [2.05, 4.69) is 0 Å². The Morgan fingerprint density at radius 2 is 2.20 bits per heavy atom. The minimum absolute atomic E-state index is 0.0573. The fraction of sp³-hybridized carbons (Fsp3) is 0.111. The lowest BCUT2D eigenvalue weighted by atomic mass is 10.2. The first kappa shape index (κ1) is 11.0. The van der Waals surface area contributed by atoms with Crippen LogP contribution < -0.4 is 9.80 Å². The van der Waals surface area contributed by atoms with E-state index in [0.29, 0.717) is 5.75 Å². The van der Waals surface area contributed by atoms with Gasteiger partial charge in [-0.3, -0.25) is 14.8 Å². The van der Waals surface area contributed by atoms with Gasteiger partial charge in [-0.25, -0.2) is 0 Å². The normalized spacial score (nSPS) is 9.47. The average Bonchev–Trinajstić information content (AvgIpc) is 2.26. The fourth-order valence-electron chi connectivity index (χ4n) is 0.978. The van der Waals surface area contributed by atoms with Crippen molar-refractivity contribution in [1.82, 2.24) is 0 Å². The number of carbonyl (C=O) groups excluding carboxylic acids is 2. The van der Waals surface area contributed by atoms with Gasteiger partial charge in [-0.15, -0.1) is 0 Å². The number of ether oxygens (including phenoxy) is 1. The molecule has 6 nitrogen and oxygen atoms in total. The summed E-state index contributed by atoms with van der Waals surface area (Å²) in [5.41, 5.74) is -0.187. The maximum absolute atomic E-state index is 10.8. The molecule has 1 rings (SSSR count). The molecule has 1 aromatic carbocycles. The third-order valence-corrected chi connectivity index (χ3v) is 1.72. The molecule has 0 unspecified atom stereocenters. The Kier molecular flexibility index (Phi) is 3.25. The number of carbonyl (C=O) groups is 2. The molecule has 0 aromatic heterocycles. The Labute approximate surface area is 85.3 Å². The lowest BCUT2D eigenvalue weighted by Crippen LogP contribution is -2.27. The van der Waals surface area contributed by atoms with Gasteiger partial charge in [0.25, 0.3) is 0 Å². The molecule has 80 valence electrons. The third-order valence-electron chi connectivity index (χ3n) is 1.72. The van der Waals surface area contributed by atoms with Crippen molar-refractivity contribution in [1.29, 1.82) is 0 Å². The molecule has 0 aliphatic carbocycles. The Hall–Kier alpha value is -2.08. The molecule has 0 fully saturated rings. The van der Waals surface area contributed by atoms with Crippen LogP contribution in [0.1, 0.15) is 0 Å². The highest BCUT2D eigenvalue weighted by atomic mass is 16.5. The quantitative estimate of drug-likeness (QED) is 0.325. The zero-order chi connectivity index (χ0) is 11.4. The molecule has 1 amide bonds. The van der Waals surface area contributed by atoms with Crippen LogP contribution in [0.4, 0.5) is 5.69 Å². The lowest BCUT2D eigenvalue weighted by molar-refractivity contribution is -0.133. The SMILES string of the molecule is COc1ccc(N(O)C(=O)C=O)c(O)c1. The molecule has 0 spiro atoms. The molecule has 0 atom stereocenters. The summed E-state index contributed by atoms with van der Waals surface area (Å²) in [6.45, 7) is 0. The van der Waals surface area contributed by atoms with Crippen LogP contribution in [0.3, 0.4) is 0 Å². The van der Waals surface area contributed by atoms with E-state index in [1.807, 2.05) is 0 Å². The van der Waals surface area contributed by atoms with Crippen molar-refractivity contribution in [3.8, 4) is 11.5 Å². The van der Waals surface area contributed by atoms with E-state index >= 15 is 0 Å². The predicted molar refractivity (Wildman–Crippen MR) is 50.0 cm³/mol. The van der Waals surface area contributed by atoms with Crippen LogP contribution in [0.15, 0.2) is 18.2 Å². The van der Waals surface area contributed by atoms with Gasteiger partial charge < -0.3 is 9.84 Å². The average molecular weight is 211 g/mol. The summed E-state index contributed by atoms with van der Waals surface area (Å²) < 4.78 is 4.80. The van der Waals surface area contributed by atoms with Crippen LogP contribution in [0.25, 0.3) is 0 Å². The summed E-state index contributed by atoms with van der Waals surface area (Å²) in [5.74, 6) is -1.18. The second-order valence-corrected chi connectivity index (χ2v) is 2.62. The third kappa shape index (κ3) is 2.23. The van der Waals surface area contributed by atoms with Crippen LogP contribution in [-0.4, -0.2) is 29.6 Å². The highest BCUT2D eigenvalue weighted by Gasteiger charge is 2.16. The van der Waals surface area contributed by atoms with E-state index in [-0.39, 0.29) is 22.8 Å². The van der Waals surface area contributed by atoms with Crippen LogP contribution in [-0.2, 0) is 9.59 Å². The van der Waals surface area contributed by atoms with Gasteiger partial charge in [-0.05, 0) is 12.1 Å². The highest BCUT2D eigenvalue weighted by molar-refractivity contribution is 6.29. The molecular formula is C9H9NO5. The van der Waals surface area contributed by atoms with Crippen molar-refractivity contribution in [3.05, 3.63) is 18.2 Å². The van der Waals surface area contributed by atoms with Gasteiger partial charge in [0, 0.05) is 6.07 Å². The van der Waals surface area contributed by atoms with E-state index in [4.69, 9.17) is 4.74 Å². The molecule has 0 radical (unpaired) electrons. The van der Waals surface area contributed by atoms with Gasteiger partial charge in [-0.1, -0.05) is 0 Å². The van der Waals surface area contributed by atoms with E-state index in [0.717, 1.165) is 0 Å². The largest absolute Gasteiger partial charge is 0.506 e. The molecule has 0 bridgehead atoms. The number of amides is 1. The first-order valence-electron chi connectivity index (χ1n) is 3.95. The molecule has 0 heterocycles. The number of aldehydes is 1. The number of hydroxylamine groups is 1. The number of phenols is 1. The Morgan fingerprint density at radius 1 is 1.53 bits per heavy atom. The van der Waals surface area contributed by atoms with Crippen molar-refractivity contribution in [3.63, 3.8) is 0 Å². The Bertz CT molecular complexity index is 390. The molecule has 0 saturated carbocycles. The number of hydrogen-bond donors (Lipinski definition) is 2. The van der Waals surface area contributed by atoms with Crippen molar-refractivity contribution in [2.45, 2.75) is 0 Å². The van der Waals surface area contributed by atoms with Crippen molar-refractivity contribution >= 4 is 17.9 Å². The molecule has 0 saturated heterocycles. The molecule has 0 aliphatic rings. The first-order chi connectivity index (χ1) is 7.10. The number of benzene rings is 1. The van der Waals surface area contributed by atoms with E-state index in [1.54, 1.807) is 0 Å². The summed E-state index contributed by atoms with van der Waals surface area (Å²) >= 11 is 0. The van der Waals surface area contributed by atoms with Crippen molar-refractivity contribution < 1.29 is 24.6 Å². The minimum atomic E-state index is -1.17. The minimum Gasteiger partial charge on any atom is -0.506 e. The molecule has 1 aromatic rings. The molecule has 15 heavy (non-hydrogen) atoms. The predicted octanol–water partition coefficient (Wildman–Crippen LogP) is 0.322. The number of hydrogen-bond acceptors (Lipinski definition) is 5. The second-order valence-electron chi connectivity index (χ2n) is 2.62. The first-order valence-corrected chi connectivity index (χ1v) is 3.95. The van der Waals surface area contributed by atoms with E-state index < -0.39 is 5.91 Å². The number of aromatic hydroxyl groups is 1. The van der Waals surface area contributed by atoms with Gasteiger partial charge in [0.05, 0.1) is 7.11 Å². The summed E-state index contributed by atoms with van der Waals surface area (Å²) in [6, 6.07) is 3.88. The number of rotatable bonds is 3. The molecule has 6 heteroatoms. The number of methoxy groups -OCH3 is 1. The Balaban J connectivity index is 3.05. The summed E-state index contributed by atoms with van der Waals surface area (Å²) in [4.78, 5) is 20.9. The summed E-state index contributed by atoms with van der Waals surface area (Å²) in [5, 5.41) is 18.6. The summed E-state index contributed by atoms with van der Waals surface area (Å²) in [6.07, 6.45) is -0.0658. The van der Waals surface area contributed by atoms with E-state index in [9.17, 15) is 19.9 Å². The zero-order valence-electron chi connectivity index (χ0n) is 7.88. The van der Waals surface area contributed by atoms with Crippen molar-refractivity contribution in [2.75, 3.05) is 12.2 Å². The van der Waals surface area contributed by atoms with Crippen LogP contribution in [0, 0.1) is 0 Å². The smallest absolute Gasteiger partial charge is 0.314 e. The fourth-order valence-corrected chi connectivity index (χ4v) is 0.978. The Morgan fingerprint density at radius 3 is 2.67 bits per heavy atom. The molecular weight excluding hydrogens is 202 g/mol. The van der Waals surface area contributed by atoms with Crippen LogP contribution in [0.5, 0.6) is 11.5 Å². The molecule has 0 aliphatic heterocycles. The molecule has 2 N–H and O–H groups in total. The van der Waals surface area contributed by atoms with Gasteiger partial charge in [0.15, 0.2) is 0 Å². The van der Waals surface area contributed by atoms with Gasteiger partial charge in [0.1, 0.15) is 17.2 Å². The van der Waals surface area contributed by atoms with Crippen LogP contribution >= 0.6 is 0 Å². The summed E-state index contributed by atoms with van der Waals surface area (Å²) in [7, 11) is 1.40. The highest BCUT2D eigenvalue weighted by Crippen LogP contribution is 2.30. The zero-order valence-corrected chi connectivity index (χ0v) is 7.88.